The van der Waals surface area contributed by atoms with Crippen molar-refractivity contribution in [2.24, 2.45) is 5.41 Å². The molecule has 1 heterocycles. The fourth-order valence-corrected chi connectivity index (χ4v) is 3.75. The van der Waals surface area contributed by atoms with E-state index in [9.17, 15) is 14.7 Å². The first-order chi connectivity index (χ1) is 8.80. The van der Waals surface area contributed by atoms with Gasteiger partial charge in [-0.2, -0.15) is 0 Å². The summed E-state index contributed by atoms with van der Waals surface area (Å²) < 4.78 is 5.34. The van der Waals surface area contributed by atoms with Crippen molar-refractivity contribution >= 4 is 11.8 Å². The van der Waals surface area contributed by atoms with Gasteiger partial charge in [-0.15, -0.1) is 0 Å². The highest BCUT2D eigenvalue weighted by atomic mass is 16.6. The Morgan fingerprint density at radius 3 is 2.68 bits per heavy atom. The molecule has 4 heteroatoms. The van der Waals surface area contributed by atoms with Crippen LogP contribution in [-0.2, 0) is 14.3 Å². The van der Waals surface area contributed by atoms with Gasteiger partial charge in [-0.25, -0.2) is 4.79 Å². The van der Waals surface area contributed by atoms with Gasteiger partial charge in [-0.05, 0) is 38.7 Å². The van der Waals surface area contributed by atoms with E-state index in [0.29, 0.717) is 25.7 Å². The molecule has 0 aromatic rings. The van der Waals surface area contributed by atoms with Gasteiger partial charge in [0.1, 0.15) is 11.4 Å². The number of allylic oxidation sites excluding steroid dienone is 1. The van der Waals surface area contributed by atoms with Gasteiger partial charge in [-0.3, -0.25) is 4.79 Å². The highest BCUT2D eigenvalue weighted by molar-refractivity contribution is 5.96. The molecule has 0 bridgehead atoms. The van der Waals surface area contributed by atoms with E-state index in [1.165, 1.54) is 0 Å². The molecule has 3 aliphatic rings. The number of Topliss-reactive ketones (excluding diaryl/α,β-unsaturated/α-hetero) is 1. The summed E-state index contributed by atoms with van der Waals surface area (Å²) in [5.41, 5.74) is 0.0738. The maximum Gasteiger partial charge on any atom is 0.337 e. The van der Waals surface area contributed by atoms with Crippen LogP contribution in [0.15, 0.2) is 23.3 Å². The van der Waals surface area contributed by atoms with Crippen LogP contribution in [0.2, 0.25) is 0 Å². The predicted molar refractivity (Wildman–Crippen MR) is 68.3 cm³/mol. The number of ether oxygens (including phenoxy) is 1. The van der Waals surface area contributed by atoms with E-state index in [4.69, 9.17) is 4.74 Å². The SMILES string of the molecule is C=C1C(=O)O[C@H]2C3=C(C)CCC(=O)[C@]3(C)CC[C@@]12O. The van der Waals surface area contributed by atoms with Gasteiger partial charge in [0.15, 0.2) is 6.10 Å². The van der Waals surface area contributed by atoms with Crippen LogP contribution < -0.4 is 0 Å². The average Bonchev–Trinajstić information content (AvgIpc) is 2.58. The summed E-state index contributed by atoms with van der Waals surface area (Å²) in [6, 6.07) is 0. The topological polar surface area (TPSA) is 63.6 Å². The first-order valence-corrected chi connectivity index (χ1v) is 6.67. The number of esters is 1. The van der Waals surface area contributed by atoms with Gasteiger partial charge in [0.2, 0.25) is 0 Å². The first kappa shape index (κ1) is 12.6. The third-order valence-corrected chi connectivity index (χ3v) is 5.09. The molecule has 1 N–H and O–H groups in total. The molecule has 102 valence electrons. The number of hydrogen-bond donors (Lipinski definition) is 1. The molecule has 1 aliphatic heterocycles. The number of rotatable bonds is 0. The molecule has 0 unspecified atom stereocenters. The summed E-state index contributed by atoms with van der Waals surface area (Å²) in [5, 5.41) is 10.7. The van der Waals surface area contributed by atoms with Gasteiger partial charge in [0, 0.05) is 6.42 Å². The van der Waals surface area contributed by atoms with Crippen molar-refractivity contribution in [2.45, 2.75) is 51.2 Å². The largest absolute Gasteiger partial charge is 0.451 e. The Morgan fingerprint density at radius 1 is 1.32 bits per heavy atom. The van der Waals surface area contributed by atoms with Crippen molar-refractivity contribution in [3.8, 4) is 0 Å². The molecule has 2 aliphatic carbocycles. The normalized spacial score (nSPS) is 42.1. The third kappa shape index (κ3) is 1.38. The van der Waals surface area contributed by atoms with Crippen molar-refractivity contribution in [2.75, 3.05) is 0 Å². The number of ketones is 1. The van der Waals surface area contributed by atoms with Crippen LogP contribution >= 0.6 is 0 Å². The quantitative estimate of drug-likeness (QED) is 0.410. The third-order valence-electron chi connectivity index (χ3n) is 5.09. The van der Waals surface area contributed by atoms with E-state index in [1.807, 2.05) is 13.8 Å². The van der Waals surface area contributed by atoms with Crippen molar-refractivity contribution in [3.63, 3.8) is 0 Å². The van der Waals surface area contributed by atoms with Gasteiger partial charge in [0.05, 0.1) is 11.0 Å². The summed E-state index contributed by atoms with van der Waals surface area (Å²) >= 11 is 0. The molecule has 0 radical (unpaired) electrons. The fourth-order valence-electron chi connectivity index (χ4n) is 3.75. The standard InChI is InChI=1S/C15H18O4/c1-8-4-5-10(16)14(3)6-7-15(18)9(2)13(17)19-12(15)11(8)14/h12,18H,2,4-7H2,1,3H3/t12-,14-,15+/m0/s1. The summed E-state index contributed by atoms with van der Waals surface area (Å²) in [7, 11) is 0. The van der Waals surface area contributed by atoms with Crippen molar-refractivity contribution in [1.29, 1.82) is 0 Å². The second kappa shape index (κ2) is 3.57. The Morgan fingerprint density at radius 2 is 2.00 bits per heavy atom. The van der Waals surface area contributed by atoms with Crippen LogP contribution in [0.3, 0.4) is 0 Å². The summed E-state index contributed by atoms with van der Waals surface area (Å²) in [6.45, 7) is 7.53. The minimum atomic E-state index is -1.33. The Kier molecular flexibility index (Phi) is 2.37. The minimum absolute atomic E-state index is 0.123. The number of carbonyl (C=O) groups is 2. The molecule has 2 fully saturated rings. The fraction of sp³-hybridized carbons (Fsp3) is 0.600. The summed E-state index contributed by atoms with van der Waals surface area (Å²) in [5.74, 6) is -0.362. The minimum Gasteiger partial charge on any atom is -0.451 e. The average molecular weight is 262 g/mol. The van der Waals surface area contributed by atoms with Gasteiger partial charge in [-0.1, -0.05) is 12.2 Å². The molecule has 0 aromatic heterocycles. The van der Waals surface area contributed by atoms with Gasteiger partial charge < -0.3 is 9.84 Å². The van der Waals surface area contributed by atoms with Gasteiger partial charge in [0.25, 0.3) is 0 Å². The van der Waals surface area contributed by atoms with Crippen LogP contribution in [0.25, 0.3) is 0 Å². The van der Waals surface area contributed by atoms with Crippen molar-refractivity contribution in [3.05, 3.63) is 23.3 Å². The van der Waals surface area contributed by atoms with Crippen molar-refractivity contribution in [1.82, 2.24) is 0 Å². The second-order valence-corrected chi connectivity index (χ2v) is 6.14. The van der Waals surface area contributed by atoms with Crippen LogP contribution in [0.5, 0.6) is 0 Å². The molecular weight excluding hydrogens is 244 g/mol. The Balaban J connectivity index is 2.17. The van der Waals surface area contributed by atoms with Crippen LogP contribution in [0.1, 0.15) is 39.5 Å². The molecule has 0 spiro atoms. The summed E-state index contributed by atoms with van der Waals surface area (Å²) in [6.07, 6.45) is 1.38. The predicted octanol–water partition coefficient (Wildman–Crippen LogP) is 1.68. The molecule has 3 rings (SSSR count). The van der Waals surface area contributed by atoms with E-state index in [-0.39, 0.29) is 11.4 Å². The Hall–Kier alpha value is -1.42. The second-order valence-electron chi connectivity index (χ2n) is 6.14. The number of fused-ring (bicyclic) bond motifs is 3. The van der Waals surface area contributed by atoms with E-state index in [1.54, 1.807) is 0 Å². The number of hydrogen-bond acceptors (Lipinski definition) is 4. The number of aliphatic hydroxyl groups is 1. The monoisotopic (exact) mass is 262 g/mol. The molecule has 0 amide bonds. The highest BCUT2D eigenvalue weighted by Gasteiger charge is 2.61. The highest BCUT2D eigenvalue weighted by Crippen LogP contribution is 2.55. The van der Waals surface area contributed by atoms with E-state index in [0.717, 1.165) is 11.1 Å². The maximum atomic E-state index is 12.3. The molecule has 1 saturated heterocycles. The lowest BCUT2D eigenvalue weighted by atomic mass is 9.58. The lowest BCUT2D eigenvalue weighted by molar-refractivity contribution is -0.144. The van der Waals surface area contributed by atoms with Crippen LogP contribution in [0, 0.1) is 5.41 Å². The van der Waals surface area contributed by atoms with Crippen LogP contribution in [0.4, 0.5) is 0 Å². The molecule has 3 atom stereocenters. The smallest absolute Gasteiger partial charge is 0.337 e. The van der Waals surface area contributed by atoms with E-state index < -0.39 is 23.1 Å². The molecule has 1 saturated carbocycles. The zero-order valence-corrected chi connectivity index (χ0v) is 11.3. The first-order valence-electron chi connectivity index (χ1n) is 6.67. The zero-order valence-electron chi connectivity index (χ0n) is 11.3. The van der Waals surface area contributed by atoms with Crippen LogP contribution in [-0.4, -0.2) is 28.6 Å². The Bertz CT molecular complexity index is 544. The molecule has 19 heavy (non-hydrogen) atoms. The Labute approximate surface area is 112 Å². The van der Waals surface area contributed by atoms with Gasteiger partial charge >= 0.3 is 5.97 Å². The molecule has 4 nitrogen and oxygen atoms in total. The number of carbonyl (C=O) groups excluding carboxylic acids is 2. The lowest BCUT2D eigenvalue weighted by Gasteiger charge is -2.47. The lowest BCUT2D eigenvalue weighted by Crippen LogP contribution is -2.53. The maximum absolute atomic E-state index is 12.3. The van der Waals surface area contributed by atoms with E-state index >= 15 is 0 Å². The molecular formula is C15H18O4. The van der Waals surface area contributed by atoms with Crippen molar-refractivity contribution < 1.29 is 19.4 Å². The van der Waals surface area contributed by atoms with E-state index in [2.05, 4.69) is 6.58 Å². The molecule has 0 aromatic carbocycles. The summed E-state index contributed by atoms with van der Waals surface area (Å²) in [4.78, 5) is 24.0. The zero-order chi connectivity index (χ0) is 14.0.